The Balaban J connectivity index is 1.15. The van der Waals surface area contributed by atoms with E-state index >= 15 is 0 Å². The number of nitrogens with zero attached hydrogens (tertiary/aromatic N) is 1. The molecule has 4 nitrogen and oxygen atoms in total. The Morgan fingerprint density at radius 1 is 1.00 bits per heavy atom. The summed E-state index contributed by atoms with van der Waals surface area (Å²) in [6, 6.07) is 16.1. The highest BCUT2D eigenvalue weighted by Gasteiger charge is 2.22. The van der Waals surface area contributed by atoms with Crippen LogP contribution in [0.15, 0.2) is 48.5 Å². The number of nitrogens with one attached hydrogen (secondary N) is 1. The van der Waals surface area contributed by atoms with Crippen molar-refractivity contribution in [3.05, 3.63) is 59.1 Å². The molecule has 0 radical (unpaired) electrons. The Morgan fingerprint density at radius 2 is 1.81 bits per heavy atom. The fourth-order valence-corrected chi connectivity index (χ4v) is 4.07. The van der Waals surface area contributed by atoms with Crippen LogP contribution < -0.4 is 14.8 Å². The van der Waals surface area contributed by atoms with E-state index in [9.17, 15) is 0 Å². The molecule has 0 spiro atoms. The van der Waals surface area contributed by atoms with E-state index in [1.54, 1.807) is 0 Å². The molecule has 1 N–H and O–H groups in total. The Labute approximate surface area is 166 Å². The standard InChI is InChI=1S/C22H27ClN2O2/c23-19-5-3-4-18(12-19)15-25-10-8-17(9-11-25)13-24-14-20-16-26-21-6-1-2-7-22(21)27-20/h1-7,12,17,20,24H,8-11,13-16H2. The molecule has 1 atom stereocenters. The molecule has 2 aliphatic rings. The van der Waals surface area contributed by atoms with Crippen LogP contribution in [-0.4, -0.2) is 43.8 Å². The van der Waals surface area contributed by atoms with Crippen molar-refractivity contribution in [1.29, 1.82) is 0 Å². The van der Waals surface area contributed by atoms with Gasteiger partial charge in [0.05, 0.1) is 0 Å². The van der Waals surface area contributed by atoms with Gasteiger partial charge in [0.2, 0.25) is 0 Å². The largest absolute Gasteiger partial charge is 0.486 e. The van der Waals surface area contributed by atoms with Gasteiger partial charge >= 0.3 is 0 Å². The minimum absolute atomic E-state index is 0.0859. The predicted molar refractivity (Wildman–Crippen MR) is 109 cm³/mol. The molecule has 4 rings (SSSR count). The van der Waals surface area contributed by atoms with Gasteiger partial charge < -0.3 is 14.8 Å². The number of hydrogen-bond acceptors (Lipinski definition) is 4. The van der Waals surface area contributed by atoms with Gasteiger partial charge in [-0.05, 0) is 68.2 Å². The summed E-state index contributed by atoms with van der Waals surface area (Å²) < 4.78 is 11.8. The van der Waals surface area contributed by atoms with Crippen LogP contribution in [0.4, 0.5) is 0 Å². The van der Waals surface area contributed by atoms with Crippen molar-refractivity contribution in [2.75, 3.05) is 32.8 Å². The maximum atomic E-state index is 6.09. The van der Waals surface area contributed by atoms with Crippen LogP contribution in [-0.2, 0) is 6.54 Å². The van der Waals surface area contributed by atoms with Crippen molar-refractivity contribution >= 4 is 11.6 Å². The van der Waals surface area contributed by atoms with E-state index < -0.39 is 0 Å². The van der Waals surface area contributed by atoms with Gasteiger partial charge in [0, 0.05) is 18.1 Å². The summed E-state index contributed by atoms with van der Waals surface area (Å²) in [4.78, 5) is 2.52. The number of halogens is 1. The Kier molecular flexibility index (Phi) is 6.17. The minimum atomic E-state index is 0.0859. The average molecular weight is 387 g/mol. The van der Waals surface area contributed by atoms with Gasteiger partial charge in [-0.15, -0.1) is 0 Å². The number of rotatable bonds is 6. The maximum absolute atomic E-state index is 6.09. The van der Waals surface area contributed by atoms with Gasteiger partial charge in [0.15, 0.2) is 11.5 Å². The predicted octanol–water partition coefficient (Wildman–Crippen LogP) is 3.98. The van der Waals surface area contributed by atoms with Gasteiger partial charge in [-0.25, -0.2) is 0 Å². The smallest absolute Gasteiger partial charge is 0.161 e. The lowest BCUT2D eigenvalue weighted by atomic mass is 9.96. The first kappa shape index (κ1) is 18.6. The molecule has 2 aromatic rings. The van der Waals surface area contributed by atoms with Crippen LogP contribution in [0.2, 0.25) is 5.02 Å². The average Bonchev–Trinajstić information content (AvgIpc) is 2.69. The second kappa shape index (κ2) is 8.96. The maximum Gasteiger partial charge on any atom is 0.161 e. The van der Waals surface area contributed by atoms with Crippen molar-refractivity contribution in [3.8, 4) is 11.5 Å². The first-order valence-corrected chi connectivity index (χ1v) is 10.2. The molecule has 0 bridgehead atoms. The molecule has 0 saturated carbocycles. The molecular formula is C22H27ClN2O2. The van der Waals surface area contributed by atoms with Crippen LogP contribution in [0.1, 0.15) is 18.4 Å². The minimum Gasteiger partial charge on any atom is -0.486 e. The van der Waals surface area contributed by atoms with Crippen molar-refractivity contribution in [2.24, 2.45) is 5.92 Å². The lowest BCUT2D eigenvalue weighted by molar-refractivity contribution is 0.0881. The van der Waals surface area contributed by atoms with Gasteiger partial charge in [0.1, 0.15) is 12.7 Å². The van der Waals surface area contributed by atoms with Gasteiger partial charge in [-0.1, -0.05) is 35.9 Å². The Bertz CT molecular complexity index is 747. The molecule has 0 amide bonds. The third-order valence-electron chi connectivity index (χ3n) is 5.37. The first-order valence-electron chi connectivity index (χ1n) is 9.82. The summed E-state index contributed by atoms with van der Waals surface area (Å²) in [5.74, 6) is 2.43. The normalized spacial score (nSPS) is 20.6. The zero-order chi connectivity index (χ0) is 18.5. The Morgan fingerprint density at radius 3 is 2.63 bits per heavy atom. The highest BCUT2D eigenvalue weighted by molar-refractivity contribution is 6.30. The Hall–Kier alpha value is -1.75. The second-order valence-corrected chi connectivity index (χ2v) is 7.94. The number of hydrogen-bond donors (Lipinski definition) is 1. The van der Waals surface area contributed by atoms with E-state index in [0.29, 0.717) is 6.61 Å². The van der Waals surface area contributed by atoms with E-state index in [0.717, 1.165) is 55.2 Å². The SMILES string of the molecule is Clc1cccc(CN2CCC(CNCC3COc4ccccc4O3)CC2)c1. The van der Waals surface area contributed by atoms with Crippen LogP contribution in [0.5, 0.6) is 11.5 Å². The summed E-state index contributed by atoms with van der Waals surface area (Å²) in [5.41, 5.74) is 1.30. The lowest BCUT2D eigenvalue weighted by Crippen LogP contribution is -2.42. The molecule has 5 heteroatoms. The number of para-hydroxylation sites is 2. The zero-order valence-corrected chi connectivity index (χ0v) is 16.3. The highest BCUT2D eigenvalue weighted by Crippen LogP contribution is 2.30. The first-order chi connectivity index (χ1) is 13.3. The van der Waals surface area contributed by atoms with Crippen LogP contribution in [0, 0.1) is 5.92 Å². The van der Waals surface area contributed by atoms with Crippen LogP contribution in [0.25, 0.3) is 0 Å². The fraction of sp³-hybridized carbons (Fsp3) is 0.455. The summed E-state index contributed by atoms with van der Waals surface area (Å²) in [7, 11) is 0. The summed E-state index contributed by atoms with van der Waals surface area (Å²) in [5, 5.41) is 4.41. The van der Waals surface area contributed by atoms with Gasteiger partial charge in [-0.3, -0.25) is 4.90 Å². The van der Waals surface area contributed by atoms with Gasteiger partial charge in [0.25, 0.3) is 0 Å². The molecule has 2 aliphatic heterocycles. The van der Waals surface area contributed by atoms with Gasteiger partial charge in [-0.2, -0.15) is 0 Å². The van der Waals surface area contributed by atoms with E-state index in [1.807, 2.05) is 36.4 Å². The second-order valence-electron chi connectivity index (χ2n) is 7.51. The van der Waals surface area contributed by atoms with Crippen LogP contribution in [0.3, 0.4) is 0 Å². The number of likely N-dealkylation sites (tertiary alicyclic amines) is 1. The molecule has 2 heterocycles. The number of piperidine rings is 1. The molecular weight excluding hydrogens is 360 g/mol. The molecule has 1 saturated heterocycles. The monoisotopic (exact) mass is 386 g/mol. The molecule has 144 valence electrons. The molecule has 0 aromatic heterocycles. The molecule has 27 heavy (non-hydrogen) atoms. The van der Waals surface area contributed by atoms with E-state index in [4.69, 9.17) is 21.1 Å². The topological polar surface area (TPSA) is 33.7 Å². The van der Waals surface area contributed by atoms with Crippen LogP contribution >= 0.6 is 11.6 Å². The summed E-state index contributed by atoms with van der Waals surface area (Å²) >= 11 is 6.09. The molecule has 1 fully saturated rings. The third-order valence-corrected chi connectivity index (χ3v) is 5.61. The number of fused-ring (bicyclic) bond motifs is 1. The summed E-state index contributed by atoms with van der Waals surface area (Å²) in [6.07, 6.45) is 2.56. The third kappa shape index (κ3) is 5.16. The van der Waals surface area contributed by atoms with Crippen molar-refractivity contribution in [3.63, 3.8) is 0 Å². The van der Waals surface area contributed by atoms with Crippen molar-refractivity contribution < 1.29 is 9.47 Å². The van der Waals surface area contributed by atoms with E-state index in [2.05, 4.69) is 22.3 Å². The molecule has 1 unspecified atom stereocenters. The molecule has 0 aliphatic carbocycles. The van der Waals surface area contributed by atoms with Crippen molar-refractivity contribution in [2.45, 2.75) is 25.5 Å². The highest BCUT2D eigenvalue weighted by atomic mass is 35.5. The fourth-order valence-electron chi connectivity index (χ4n) is 3.85. The molecule has 2 aromatic carbocycles. The number of ether oxygens (including phenoxy) is 2. The van der Waals surface area contributed by atoms with E-state index in [-0.39, 0.29) is 6.10 Å². The lowest BCUT2D eigenvalue weighted by Gasteiger charge is -2.32. The summed E-state index contributed by atoms with van der Waals surface area (Å²) in [6.45, 7) is 5.78. The van der Waals surface area contributed by atoms with Crippen molar-refractivity contribution in [1.82, 2.24) is 10.2 Å². The quantitative estimate of drug-likeness (QED) is 0.814. The number of benzene rings is 2. The van der Waals surface area contributed by atoms with E-state index in [1.165, 1.54) is 18.4 Å². The zero-order valence-electron chi connectivity index (χ0n) is 15.6.